The summed E-state index contributed by atoms with van der Waals surface area (Å²) in [4.78, 5) is 12.0. The summed E-state index contributed by atoms with van der Waals surface area (Å²) in [5.41, 5.74) is 3.82. The Morgan fingerprint density at radius 2 is 1.92 bits per heavy atom. The summed E-state index contributed by atoms with van der Waals surface area (Å²) in [5, 5.41) is 18.9. The molecule has 0 unspecified atom stereocenters. The molecule has 0 aliphatic rings. The second-order valence-electron chi connectivity index (χ2n) is 5.49. The molecule has 0 bridgehead atoms. The highest BCUT2D eigenvalue weighted by Gasteiger charge is 2.06. The van der Waals surface area contributed by atoms with Crippen LogP contribution in [0.2, 0.25) is 0 Å². The Balaban J connectivity index is 1.64. The molecule has 5 nitrogen and oxygen atoms in total. The lowest BCUT2D eigenvalue weighted by Crippen LogP contribution is -2.26. The number of hydrogen-bond donors (Lipinski definition) is 3. The van der Waals surface area contributed by atoms with Crippen LogP contribution in [0.3, 0.4) is 0 Å². The first-order chi connectivity index (χ1) is 12.5. The topological polar surface area (TPSA) is 73.7 Å². The molecule has 0 heterocycles. The average Bonchev–Trinajstić information content (AvgIpc) is 2.63. The number of halogens is 2. The fourth-order valence-electron chi connectivity index (χ4n) is 2.44. The third-order valence-corrected chi connectivity index (χ3v) is 4.85. The minimum absolute atomic E-state index is 0.0685. The number of carbonyl (C=O) groups is 1. The fraction of sp³-hybridized carbons (Fsp3) is 0.0526. The van der Waals surface area contributed by atoms with Crippen LogP contribution < -0.4 is 10.7 Å². The van der Waals surface area contributed by atoms with E-state index in [4.69, 9.17) is 0 Å². The number of hydrazone groups is 1. The van der Waals surface area contributed by atoms with Crippen LogP contribution in [0, 0.1) is 0 Å². The van der Waals surface area contributed by atoms with E-state index in [2.05, 4.69) is 47.7 Å². The molecule has 0 aromatic heterocycles. The molecule has 0 saturated carbocycles. The number of nitrogens with one attached hydrogen (secondary N) is 2. The number of benzene rings is 3. The molecule has 0 aliphatic carbocycles. The van der Waals surface area contributed by atoms with E-state index in [-0.39, 0.29) is 18.2 Å². The maximum atomic E-state index is 12.0. The predicted octanol–water partition coefficient (Wildman–Crippen LogP) is 4.63. The van der Waals surface area contributed by atoms with E-state index in [1.165, 1.54) is 6.21 Å². The number of phenolic OH excluding ortho intramolecular Hbond substituents is 1. The number of carbonyl (C=O) groups excluding carboxylic acids is 1. The van der Waals surface area contributed by atoms with Gasteiger partial charge in [-0.05, 0) is 51.0 Å². The van der Waals surface area contributed by atoms with Gasteiger partial charge in [0.1, 0.15) is 5.75 Å². The number of aromatic hydroxyl groups is 1. The number of fused-ring (bicyclic) bond motifs is 1. The summed E-state index contributed by atoms with van der Waals surface area (Å²) in [6.45, 7) is 0.0685. The van der Waals surface area contributed by atoms with Gasteiger partial charge in [0.15, 0.2) is 0 Å². The predicted molar refractivity (Wildman–Crippen MR) is 112 cm³/mol. The van der Waals surface area contributed by atoms with Gasteiger partial charge in [-0.1, -0.05) is 46.3 Å². The first-order valence-corrected chi connectivity index (χ1v) is 9.35. The Morgan fingerprint density at radius 3 is 2.73 bits per heavy atom. The Hall–Kier alpha value is -2.38. The summed E-state index contributed by atoms with van der Waals surface area (Å²) >= 11 is 6.81. The average molecular weight is 477 g/mol. The molecule has 0 saturated heterocycles. The Bertz CT molecular complexity index is 990. The highest BCUT2D eigenvalue weighted by molar-refractivity contribution is 9.11. The maximum absolute atomic E-state index is 12.0. The van der Waals surface area contributed by atoms with Gasteiger partial charge in [-0.3, -0.25) is 4.79 Å². The normalized spacial score (nSPS) is 11.0. The zero-order valence-corrected chi connectivity index (χ0v) is 16.7. The smallest absolute Gasteiger partial charge is 0.259 e. The van der Waals surface area contributed by atoms with Crippen LogP contribution in [0.4, 0.5) is 5.69 Å². The fourth-order valence-corrected chi connectivity index (χ4v) is 3.62. The van der Waals surface area contributed by atoms with Crippen molar-refractivity contribution < 1.29 is 9.90 Å². The highest BCUT2D eigenvalue weighted by atomic mass is 79.9. The van der Waals surface area contributed by atoms with Gasteiger partial charge in [0.05, 0.1) is 12.8 Å². The van der Waals surface area contributed by atoms with Crippen molar-refractivity contribution in [3.05, 3.63) is 69.1 Å². The van der Waals surface area contributed by atoms with Crippen LogP contribution in [-0.2, 0) is 4.79 Å². The SMILES string of the molecule is O=C(CNc1ccc(Br)cc1Br)N/N=C\c1c(O)ccc2ccccc12. The van der Waals surface area contributed by atoms with Gasteiger partial charge in [0, 0.05) is 20.2 Å². The van der Waals surface area contributed by atoms with Crippen LogP contribution in [-0.4, -0.2) is 23.8 Å². The van der Waals surface area contributed by atoms with E-state index in [9.17, 15) is 9.90 Å². The van der Waals surface area contributed by atoms with Crippen molar-refractivity contribution in [1.29, 1.82) is 0 Å². The number of hydrogen-bond acceptors (Lipinski definition) is 4. The largest absolute Gasteiger partial charge is 0.507 e. The van der Waals surface area contributed by atoms with Crippen molar-refractivity contribution in [2.75, 3.05) is 11.9 Å². The first kappa shape index (κ1) is 18.4. The lowest BCUT2D eigenvalue weighted by Gasteiger charge is -2.08. The molecular formula is C19H15Br2N3O2. The molecule has 0 spiro atoms. The van der Waals surface area contributed by atoms with E-state index in [0.717, 1.165) is 25.4 Å². The van der Waals surface area contributed by atoms with Crippen LogP contribution in [0.25, 0.3) is 10.8 Å². The lowest BCUT2D eigenvalue weighted by molar-refractivity contribution is -0.119. The molecule has 3 N–H and O–H groups in total. The quantitative estimate of drug-likeness (QED) is 0.371. The molecule has 3 rings (SSSR count). The minimum Gasteiger partial charge on any atom is -0.507 e. The van der Waals surface area contributed by atoms with E-state index < -0.39 is 0 Å². The van der Waals surface area contributed by atoms with Gasteiger partial charge in [-0.15, -0.1) is 0 Å². The molecule has 1 amide bonds. The minimum atomic E-state index is -0.296. The number of rotatable bonds is 5. The van der Waals surface area contributed by atoms with Crippen molar-refractivity contribution in [3.8, 4) is 5.75 Å². The molecule has 26 heavy (non-hydrogen) atoms. The lowest BCUT2D eigenvalue weighted by atomic mass is 10.0. The Morgan fingerprint density at radius 1 is 1.12 bits per heavy atom. The third kappa shape index (κ3) is 4.42. The van der Waals surface area contributed by atoms with Gasteiger partial charge in [-0.25, -0.2) is 5.43 Å². The number of phenols is 1. The molecule has 3 aromatic rings. The standard InChI is InChI=1S/C19H15Br2N3O2/c20-13-6-7-17(16(21)9-13)22-11-19(26)24-23-10-15-14-4-2-1-3-12(14)5-8-18(15)25/h1-10,22,25H,11H2,(H,24,26)/b23-10-. The molecule has 132 valence electrons. The zero-order chi connectivity index (χ0) is 18.5. The molecule has 0 fully saturated rings. The second kappa shape index (κ2) is 8.33. The Labute approximate surface area is 167 Å². The van der Waals surface area contributed by atoms with Gasteiger partial charge >= 0.3 is 0 Å². The maximum Gasteiger partial charge on any atom is 0.259 e. The van der Waals surface area contributed by atoms with E-state index in [0.29, 0.717) is 5.56 Å². The molecule has 0 aliphatic heterocycles. The van der Waals surface area contributed by atoms with E-state index in [1.54, 1.807) is 6.07 Å². The second-order valence-corrected chi connectivity index (χ2v) is 7.26. The highest BCUT2D eigenvalue weighted by Crippen LogP contribution is 2.26. The monoisotopic (exact) mass is 475 g/mol. The van der Waals surface area contributed by atoms with Crippen LogP contribution in [0.15, 0.2) is 68.6 Å². The van der Waals surface area contributed by atoms with Gasteiger partial charge in [0.25, 0.3) is 5.91 Å². The van der Waals surface area contributed by atoms with Crippen molar-refractivity contribution >= 4 is 60.4 Å². The molecule has 7 heteroatoms. The first-order valence-electron chi connectivity index (χ1n) is 7.76. The van der Waals surface area contributed by atoms with Crippen molar-refractivity contribution in [2.24, 2.45) is 5.10 Å². The third-order valence-electron chi connectivity index (χ3n) is 3.70. The van der Waals surface area contributed by atoms with Gasteiger partial charge in [-0.2, -0.15) is 5.10 Å². The van der Waals surface area contributed by atoms with Crippen molar-refractivity contribution in [1.82, 2.24) is 5.43 Å². The van der Waals surface area contributed by atoms with Crippen LogP contribution >= 0.6 is 31.9 Å². The van der Waals surface area contributed by atoms with Crippen molar-refractivity contribution in [2.45, 2.75) is 0 Å². The summed E-state index contributed by atoms with van der Waals surface area (Å²) in [5.74, 6) is -0.186. The molecule has 0 radical (unpaired) electrons. The van der Waals surface area contributed by atoms with E-state index >= 15 is 0 Å². The summed E-state index contributed by atoms with van der Waals surface area (Å²) in [6.07, 6.45) is 1.45. The summed E-state index contributed by atoms with van der Waals surface area (Å²) in [6, 6.07) is 16.7. The van der Waals surface area contributed by atoms with Crippen molar-refractivity contribution in [3.63, 3.8) is 0 Å². The Kier molecular flexibility index (Phi) is 5.90. The van der Waals surface area contributed by atoms with Gasteiger partial charge < -0.3 is 10.4 Å². The van der Waals surface area contributed by atoms with Crippen LogP contribution in [0.1, 0.15) is 5.56 Å². The molecule has 0 atom stereocenters. The molecular weight excluding hydrogens is 462 g/mol. The van der Waals surface area contributed by atoms with Gasteiger partial charge in [0.2, 0.25) is 0 Å². The van der Waals surface area contributed by atoms with E-state index in [1.807, 2.05) is 48.5 Å². The van der Waals surface area contributed by atoms with Crippen LogP contribution in [0.5, 0.6) is 5.75 Å². The number of anilines is 1. The number of nitrogens with zero attached hydrogens (tertiary/aromatic N) is 1. The summed E-state index contributed by atoms with van der Waals surface area (Å²) < 4.78 is 1.79. The number of amides is 1. The summed E-state index contributed by atoms with van der Waals surface area (Å²) in [7, 11) is 0. The zero-order valence-electron chi connectivity index (χ0n) is 13.5. The molecule has 3 aromatic carbocycles.